The monoisotopic (exact) mass is 422 g/mol. The van der Waals surface area contributed by atoms with E-state index in [0.717, 1.165) is 5.57 Å². The summed E-state index contributed by atoms with van der Waals surface area (Å²) in [6.45, 7) is 7.42. The van der Waals surface area contributed by atoms with Gasteiger partial charge in [0.1, 0.15) is 5.76 Å². The van der Waals surface area contributed by atoms with Crippen molar-refractivity contribution >= 4 is 5.57 Å². The van der Waals surface area contributed by atoms with Crippen molar-refractivity contribution in [3.8, 4) is 11.8 Å². The topological polar surface area (TPSA) is 127 Å². The van der Waals surface area contributed by atoms with Crippen molar-refractivity contribution in [2.24, 2.45) is 7.05 Å². The van der Waals surface area contributed by atoms with Crippen LogP contribution < -0.4 is 5.56 Å². The second-order valence-electron chi connectivity index (χ2n) is 7.99. The molecule has 160 valence electrons. The van der Waals surface area contributed by atoms with E-state index in [1.165, 1.54) is 10.6 Å². The summed E-state index contributed by atoms with van der Waals surface area (Å²) in [5.74, 6) is 3.98. The lowest BCUT2D eigenvalue weighted by Crippen LogP contribution is -2.24. The lowest BCUT2D eigenvalue weighted by atomic mass is 10.0. The third-order valence-corrected chi connectivity index (χ3v) is 5.10. The molecule has 0 bridgehead atoms. The molecule has 0 amide bonds. The zero-order chi connectivity index (χ0) is 22.5. The Balaban J connectivity index is 1.86. The SMILES string of the molecule is CC1=C(c2nnc(C(C)C)o2)c2c(C#CC(O)(O)c3cc(C)on3)cn(C)c(=O)c2C1. The molecule has 1 aliphatic carbocycles. The summed E-state index contributed by atoms with van der Waals surface area (Å²) in [7, 11) is 1.62. The molecule has 0 saturated heterocycles. The van der Waals surface area contributed by atoms with Crippen molar-refractivity contribution in [1.82, 2.24) is 19.9 Å². The molecule has 3 heterocycles. The molecule has 2 N–H and O–H groups in total. The van der Waals surface area contributed by atoms with Gasteiger partial charge in [-0.25, -0.2) is 0 Å². The van der Waals surface area contributed by atoms with Crippen LogP contribution in [0.15, 0.2) is 31.6 Å². The Kier molecular flexibility index (Phi) is 4.92. The Morgan fingerprint density at radius 2 is 2.00 bits per heavy atom. The van der Waals surface area contributed by atoms with E-state index in [1.807, 2.05) is 20.8 Å². The number of aromatic nitrogens is 4. The fraction of sp³-hybridized carbons (Fsp3) is 0.364. The summed E-state index contributed by atoms with van der Waals surface area (Å²) in [6, 6.07) is 1.39. The Morgan fingerprint density at radius 1 is 1.26 bits per heavy atom. The third kappa shape index (κ3) is 3.60. The highest BCUT2D eigenvalue weighted by atomic mass is 16.5. The zero-order valence-electron chi connectivity index (χ0n) is 17.8. The molecule has 0 atom stereocenters. The average Bonchev–Trinajstić information content (AvgIpc) is 3.42. The Labute approximate surface area is 178 Å². The largest absolute Gasteiger partial charge is 0.420 e. The molecule has 0 aromatic carbocycles. The van der Waals surface area contributed by atoms with Crippen molar-refractivity contribution in [3.63, 3.8) is 0 Å². The minimum atomic E-state index is -2.52. The summed E-state index contributed by atoms with van der Waals surface area (Å²) in [4.78, 5) is 12.8. The number of hydrogen-bond acceptors (Lipinski definition) is 8. The van der Waals surface area contributed by atoms with Gasteiger partial charge < -0.3 is 23.7 Å². The maximum absolute atomic E-state index is 12.8. The second kappa shape index (κ2) is 7.34. The predicted octanol–water partition coefficient (Wildman–Crippen LogP) is 1.76. The molecule has 4 rings (SSSR count). The highest BCUT2D eigenvalue weighted by Gasteiger charge is 2.31. The summed E-state index contributed by atoms with van der Waals surface area (Å²) < 4.78 is 12.2. The van der Waals surface area contributed by atoms with Crippen LogP contribution in [0.3, 0.4) is 0 Å². The van der Waals surface area contributed by atoms with E-state index in [1.54, 1.807) is 20.2 Å². The predicted molar refractivity (Wildman–Crippen MR) is 110 cm³/mol. The second-order valence-corrected chi connectivity index (χ2v) is 7.99. The first kappa shape index (κ1) is 20.8. The van der Waals surface area contributed by atoms with Gasteiger partial charge in [0.05, 0.1) is 0 Å². The van der Waals surface area contributed by atoms with Crippen molar-refractivity contribution in [1.29, 1.82) is 0 Å². The van der Waals surface area contributed by atoms with Crippen LogP contribution in [0, 0.1) is 18.8 Å². The fourth-order valence-electron chi connectivity index (χ4n) is 3.52. The van der Waals surface area contributed by atoms with Crippen LogP contribution in [-0.2, 0) is 19.3 Å². The summed E-state index contributed by atoms with van der Waals surface area (Å²) in [5, 5.41) is 32.6. The maximum Gasteiger partial charge on any atom is 0.277 e. The number of aryl methyl sites for hydroxylation is 2. The van der Waals surface area contributed by atoms with Crippen LogP contribution in [0.4, 0.5) is 0 Å². The molecule has 1 aliphatic rings. The lowest BCUT2D eigenvalue weighted by molar-refractivity contribution is -0.120. The molecule has 0 unspecified atom stereocenters. The molecule has 9 nitrogen and oxygen atoms in total. The van der Waals surface area contributed by atoms with E-state index >= 15 is 0 Å². The van der Waals surface area contributed by atoms with E-state index < -0.39 is 5.79 Å². The van der Waals surface area contributed by atoms with Gasteiger partial charge >= 0.3 is 0 Å². The zero-order valence-corrected chi connectivity index (χ0v) is 17.8. The van der Waals surface area contributed by atoms with E-state index in [2.05, 4.69) is 27.2 Å². The van der Waals surface area contributed by atoms with E-state index in [9.17, 15) is 15.0 Å². The average molecular weight is 422 g/mol. The van der Waals surface area contributed by atoms with Crippen molar-refractivity contribution in [3.05, 3.63) is 68.1 Å². The van der Waals surface area contributed by atoms with Gasteiger partial charge in [-0.15, -0.1) is 10.2 Å². The summed E-state index contributed by atoms with van der Waals surface area (Å²) in [5.41, 5.74) is 2.81. The Hall–Kier alpha value is -3.48. The standard InChI is InChI=1S/C22H22N4O5/c1-11(2)19-23-24-20(30-19)17-12(3)8-15-18(17)14(10-26(5)21(15)27)6-7-22(28,29)16-9-13(4)31-25-16/h9-11,28-29H,8H2,1-5H3. The van der Waals surface area contributed by atoms with Crippen molar-refractivity contribution in [2.75, 3.05) is 0 Å². The molecule has 0 aliphatic heterocycles. The summed E-state index contributed by atoms with van der Waals surface area (Å²) in [6.07, 6.45) is 1.97. The molecule has 0 fully saturated rings. The number of rotatable bonds is 3. The minimum absolute atomic E-state index is 0.0567. The van der Waals surface area contributed by atoms with Gasteiger partial charge in [0.15, 0.2) is 5.69 Å². The first-order valence-corrected chi connectivity index (χ1v) is 9.76. The highest BCUT2D eigenvalue weighted by molar-refractivity contribution is 5.86. The fourth-order valence-corrected chi connectivity index (χ4v) is 3.52. The number of hydrogen-bond donors (Lipinski definition) is 2. The van der Waals surface area contributed by atoms with Gasteiger partial charge in [-0.1, -0.05) is 30.5 Å². The quantitative estimate of drug-likeness (QED) is 0.483. The van der Waals surface area contributed by atoms with Gasteiger partial charge in [-0.3, -0.25) is 4.79 Å². The van der Waals surface area contributed by atoms with Crippen LogP contribution in [0.25, 0.3) is 5.57 Å². The number of allylic oxidation sites excluding steroid dienone is 1. The maximum atomic E-state index is 12.8. The molecule has 31 heavy (non-hydrogen) atoms. The Morgan fingerprint density at radius 3 is 2.61 bits per heavy atom. The molecular formula is C22H22N4O5. The molecule has 3 aromatic heterocycles. The minimum Gasteiger partial charge on any atom is -0.420 e. The number of fused-ring (bicyclic) bond motifs is 1. The number of pyridine rings is 1. The summed E-state index contributed by atoms with van der Waals surface area (Å²) >= 11 is 0. The smallest absolute Gasteiger partial charge is 0.277 e. The van der Waals surface area contributed by atoms with Gasteiger partial charge in [0.25, 0.3) is 11.3 Å². The lowest BCUT2D eigenvalue weighted by Gasteiger charge is -2.11. The van der Waals surface area contributed by atoms with E-state index in [0.29, 0.717) is 46.2 Å². The normalized spacial score (nSPS) is 13.5. The van der Waals surface area contributed by atoms with E-state index in [-0.39, 0.29) is 17.2 Å². The van der Waals surface area contributed by atoms with Crippen LogP contribution in [0.1, 0.15) is 66.6 Å². The molecule has 3 aromatic rings. The molecule has 0 spiro atoms. The van der Waals surface area contributed by atoms with Crippen LogP contribution >= 0.6 is 0 Å². The molecule has 9 heteroatoms. The van der Waals surface area contributed by atoms with Gasteiger partial charge in [-0.2, -0.15) is 0 Å². The molecular weight excluding hydrogens is 400 g/mol. The van der Waals surface area contributed by atoms with Crippen LogP contribution in [-0.4, -0.2) is 30.1 Å². The Bertz CT molecular complexity index is 1330. The van der Waals surface area contributed by atoms with Crippen LogP contribution in [0.5, 0.6) is 0 Å². The molecule has 0 radical (unpaired) electrons. The number of nitrogens with zero attached hydrogens (tertiary/aromatic N) is 4. The van der Waals surface area contributed by atoms with Crippen molar-refractivity contribution < 1.29 is 19.2 Å². The van der Waals surface area contributed by atoms with Gasteiger partial charge in [0.2, 0.25) is 11.8 Å². The highest BCUT2D eigenvalue weighted by Crippen LogP contribution is 2.37. The van der Waals surface area contributed by atoms with E-state index in [4.69, 9.17) is 8.94 Å². The van der Waals surface area contributed by atoms with Gasteiger partial charge in [0, 0.05) is 53.9 Å². The third-order valence-electron chi connectivity index (χ3n) is 5.10. The van der Waals surface area contributed by atoms with Crippen molar-refractivity contribution in [2.45, 2.75) is 45.8 Å². The first-order chi connectivity index (χ1) is 14.6. The van der Waals surface area contributed by atoms with Crippen LogP contribution in [0.2, 0.25) is 0 Å². The first-order valence-electron chi connectivity index (χ1n) is 9.76. The van der Waals surface area contributed by atoms with Gasteiger partial charge in [-0.05, 0) is 19.8 Å². The molecule has 0 saturated carbocycles. The number of aliphatic hydroxyl groups is 2.